The number of benzene rings is 1. The van der Waals surface area contributed by atoms with Crippen LogP contribution in [0.2, 0.25) is 0 Å². The molecule has 98 valence electrons. The van der Waals surface area contributed by atoms with Gasteiger partial charge >= 0.3 is 0 Å². The van der Waals surface area contributed by atoms with E-state index in [0.717, 1.165) is 11.4 Å². The standard InChI is InChI=1S/C14H17N5/c1-9(2)12-8-18(3)13-10(12)6-5-7-11(13)14-15-16-17-19(14)4/h5-9H,1-4H3. The summed E-state index contributed by atoms with van der Waals surface area (Å²) in [4.78, 5) is 0. The lowest BCUT2D eigenvalue weighted by Crippen LogP contribution is -1.97. The number of hydrogen-bond donors (Lipinski definition) is 0. The van der Waals surface area contributed by atoms with E-state index in [1.165, 1.54) is 16.5 Å². The average molecular weight is 255 g/mol. The predicted molar refractivity (Wildman–Crippen MR) is 74.8 cm³/mol. The van der Waals surface area contributed by atoms with E-state index in [-0.39, 0.29) is 0 Å². The average Bonchev–Trinajstić information content (AvgIpc) is 2.94. The van der Waals surface area contributed by atoms with Gasteiger partial charge in [0.25, 0.3) is 0 Å². The number of para-hydroxylation sites is 1. The number of aryl methyl sites for hydroxylation is 2. The van der Waals surface area contributed by atoms with Crippen LogP contribution < -0.4 is 0 Å². The number of fused-ring (bicyclic) bond motifs is 1. The van der Waals surface area contributed by atoms with Gasteiger partial charge in [0.05, 0.1) is 5.52 Å². The summed E-state index contributed by atoms with van der Waals surface area (Å²) < 4.78 is 3.87. The van der Waals surface area contributed by atoms with Gasteiger partial charge in [-0.2, -0.15) is 0 Å². The molecular formula is C14H17N5. The zero-order chi connectivity index (χ0) is 13.6. The quantitative estimate of drug-likeness (QED) is 0.707. The lowest BCUT2D eigenvalue weighted by molar-refractivity contribution is 0.715. The molecule has 0 fully saturated rings. The minimum absolute atomic E-state index is 0.497. The second-order valence-corrected chi connectivity index (χ2v) is 5.18. The van der Waals surface area contributed by atoms with Crippen LogP contribution >= 0.6 is 0 Å². The van der Waals surface area contributed by atoms with Crippen molar-refractivity contribution in [1.82, 2.24) is 24.8 Å². The van der Waals surface area contributed by atoms with E-state index >= 15 is 0 Å². The number of nitrogens with zero attached hydrogens (tertiary/aromatic N) is 5. The monoisotopic (exact) mass is 255 g/mol. The number of tetrazole rings is 1. The highest BCUT2D eigenvalue weighted by molar-refractivity contribution is 5.95. The summed E-state index contributed by atoms with van der Waals surface area (Å²) >= 11 is 0. The van der Waals surface area contributed by atoms with E-state index in [0.29, 0.717) is 5.92 Å². The highest BCUT2D eigenvalue weighted by Gasteiger charge is 2.16. The second-order valence-electron chi connectivity index (χ2n) is 5.18. The zero-order valence-corrected chi connectivity index (χ0v) is 11.6. The molecule has 0 atom stereocenters. The summed E-state index contributed by atoms with van der Waals surface area (Å²) in [6.45, 7) is 4.43. The van der Waals surface area contributed by atoms with E-state index in [9.17, 15) is 0 Å². The van der Waals surface area contributed by atoms with Crippen molar-refractivity contribution in [2.24, 2.45) is 14.1 Å². The second kappa shape index (κ2) is 4.19. The Morgan fingerprint density at radius 3 is 2.58 bits per heavy atom. The highest BCUT2D eigenvalue weighted by Crippen LogP contribution is 2.32. The fraction of sp³-hybridized carbons (Fsp3) is 0.357. The molecule has 0 aliphatic heterocycles. The van der Waals surface area contributed by atoms with E-state index in [2.05, 4.69) is 65.4 Å². The normalized spacial score (nSPS) is 11.6. The van der Waals surface area contributed by atoms with Crippen molar-refractivity contribution in [3.05, 3.63) is 30.0 Å². The first kappa shape index (κ1) is 11.9. The van der Waals surface area contributed by atoms with E-state index in [1.54, 1.807) is 4.68 Å². The van der Waals surface area contributed by atoms with E-state index in [4.69, 9.17) is 0 Å². The van der Waals surface area contributed by atoms with E-state index in [1.807, 2.05) is 7.05 Å². The summed E-state index contributed by atoms with van der Waals surface area (Å²) in [5.74, 6) is 1.29. The summed E-state index contributed by atoms with van der Waals surface area (Å²) in [5.41, 5.74) is 3.61. The van der Waals surface area contributed by atoms with Crippen molar-refractivity contribution in [3.8, 4) is 11.4 Å². The van der Waals surface area contributed by atoms with Crippen LogP contribution in [0.3, 0.4) is 0 Å². The molecule has 0 unspecified atom stereocenters. The minimum Gasteiger partial charge on any atom is -0.350 e. The van der Waals surface area contributed by atoms with Crippen LogP contribution in [0, 0.1) is 0 Å². The Kier molecular flexibility index (Phi) is 2.62. The molecule has 1 aromatic carbocycles. The third-order valence-electron chi connectivity index (χ3n) is 3.52. The van der Waals surface area contributed by atoms with Crippen molar-refractivity contribution in [2.45, 2.75) is 19.8 Å². The van der Waals surface area contributed by atoms with Gasteiger partial charge in [0.2, 0.25) is 0 Å². The van der Waals surface area contributed by atoms with Crippen LogP contribution in [0.25, 0.3) is 22.3 Å². The SMILES string of the molecule is CC(C)c1cn(C)c2c(-c3nnnn3C)cccc12. The van der Waals surface area contributed by atoms with Crippen LogP contribution in [0.1, 0.15) is 25.3 Å². The van der Waals surface area contributed by atoms with Gasteiger partial charge in [-0.25, -0.2) is 4.68 Å². The Labute approximate surface area is 111 Å². The Balaban J connectivity index is 2.36. The van der Waals surface area contributed by atoms with Gasteiger partial charge in [0, 0.05) is 31.2 Å². The summed E-state index contributed by atoms with van der Waals surface area (Å²) in [5, 5.41) is 13.0. The van der Waals surface area contributed by atoms with Gasteiger partial charge in [0.15, 0.2) is 5.82 Å². The van der Waals surface area contributed by atoms with Crippen molar-refractivity contribution < 1.29 is 0 Å². The number of hydrogen-bond acceptors (Lipinski definition) is 3. The van der Waals surface area contributed by atoms with Gasteiger partial charge in [-0.15, -0.1) is 5.10 Å². The molecule has 2 heterocycles. The van der Waals surface area contributed by atoms with Gasteiger partial charge in [0.1, 0.15) is 0 Å². The van der Waals surface area contributed by atoms with Crippen LogP contribution in [0.5, 0.6) is 0 Å². The van der Waals surface area contributed by atoms with Gasteiger partial charge in [-0.1, -0.05) is 26.0 Å². The smallest absolute Gasteiger partial charge is 0.183 e. The maximum Gasteiger partial charge on any atom is 0.183 e. The first-order valence-corrected chi connectivity index (χ1v) is 6.40. The van der Waals surface area contributed by atoms with Crippen LogP contribution in [-0.2, 0) is 14.1 Å². The maximum atomic E-state index is 4.12. The van der Waals surface area contributed by atoms with Crippen molar-refractivity contribution in [3.63, 3.8) is 0 Å². The van der Waals surface area contributed by atoms with Crippen LogP contribution in [0.15, 0.2) is 24.4 Å². The molecule has 0 radical (unpaired) electrons. The number of aromatic nitrogens is 5. The third-order valence-corrected chi connectivity index (χ3v) is 3.52. The molecule has 5 heteroatoms. The largest absolute Gasteiger partial charge is 0.350 e. The maximum absolute atomic E-state index is 4.12. The van der Waals surface area contributed by atoms with Crippen molar-refractivity contribution in [1.29, 1.82) is 0 Å². The molecule has 19 heavy (non-hydrogen) atoms. The van der Waals surface area contributed by atoms with Crippen molar-refractivity contribution in [2.75, 3.05) is 0 Å². The Morgan fingerprint density at radius 2 is 1.95 bits per heavy atom. The zero-order valence-electron chi connectivity index (χ0n) is 11.6. The minimum atomic E-state index is 0.497. The lowest BCUT2D eigenvalue weighted by Gasteiger charge is -2.05. The van der Waals surface area contributed by atoms with Crippen LogP contribution in [-0.4, -0.2) is 24.8 Å². The molecule has 0 aliphatic carbocycles. The molecule has 0 aliphatic rings. The summed E-state index contributed by atoms with van der Waals surface area (Å²) in [6.07, 6.45) is 2.20. The van der Waals surface area contributed by atoms with Crippen molar-refractivity contribution >= 4 is 10.9 Å². The molecule has 0 N–H and O–H groups in total. The van der Waals surface area contributed by atoms with Gasteiger partial charge < -0.3 is 4.57 Å². The molecule has 0 amide bonds. The molecule has 0 saturated heterocycles. The molecular weight excluding hydrogens is 238 g/mol. The molecule has 0 bridgehead atoms. The molecule has 3 aromatic rings. The fourth-order valence-corrected chi connectivity index (χ4v) is 2.60. The fourth-order valence-electron chi connectivity index (χ4n) is 2.60. The molecule has 0 saturated carbocycles. The Morgan fingerprint density at radius 1 is 1.16 bits per heavy atom. The Bertz CT molecular complexity index is 735. The Hall–Kier alpha value is -2.17. The molecule has 5 nitrogen and oxygen atoms in total. The molecule has 3 rings (SSSR count). The lowest BCUT2D eigenvalue weighted by atomic mass is 10.0. The van der Waals surface area contributed by atoms with Gasteiger partial charge in [-0.05, 0) is 28.0 Å². The van der Waals surface area contributed by atoms with E-state index < -0.39 is 0 Å². The van der Waals surface area contributed by atoms with Crippen LogP contribution in [0.4, 0.5) is 0 Å². The summed E-state index contributed by atoms with van der Waals surface area (Å²) in [7, 11) is 3.93. The first-order chi connectivity index (χ1) is 9.09. The molecule has 2 aromatic heterocycles. The van der Waals surface area contributed by atoms with Gasteiger partial charge in [-0.3, -0.25) is 0 Å². The molecule has 0 spiro atoms. The number of rotatable bonds is 2. The summed E-state index contributed by atoms with van der Waals surface area (Å²) in [6, 6.07) is 6.30. The topological polar surface area (TPSA) is 48.5 Å². The first-order valence-electron chi connectivity index (χ1n) is 6.40. The predicted octanol–water partition coefficient (Wildman–Crippen LogP) is 2.49. The highest BCUT2D eigenvalue weighted by atomic mass is 15.5. The third kappa shape index (κ3) is 1.73.